The Morgan fingerprint density at radius 1 is 0.684 bits per heavy atom. The Labute approximate surface area is 337 Å². The van der Waals surface area contributed by atoms with Crippen LogP contribution in [0.1, 0.15) is 23.6 Å². The zero-order valence-corrected chi connectivity index (χ0v) is 32.7. The van der Waals surface area contributed by atoms with Crippen LogP contribution in [0, 0.1) is 6.92 Å². The number of allylic oxidation sites excluding steroid dienone is 6. The molecule has 0 aliphatic carbocycles. The smallest absolute Gasteiger partial charge is 0.133 e. The fourth-order valence-corrected chi connectivity index (χ4v) is 7.36. The second kappa shape index (κ2) is 17.9. The lowest BCUT2D eigenvalue weighted by atomic mass is 10.0. The van der Waals surface area contributed by atoms with E-state index in [9.17, 15) is 0 Å². The Balaban J connectivity index is 1.51. The van der Waals surface area contributed by atoms with E-state index in [0.717, 1.165) is 61.6 Å². The second-order valence-electron chi connectivity index (χ2n) is 13.9. The summed E-state index contributed by atoms with van der Waals surface area (Å²) in [4.78, 5) is 4.76. The van der Waals surface area contributed by atoms with Gasteiger partial charge in [0, 0.05) is 35.8 Å². The fraction of sp³-hybridized carbons (Fsp3) is 0.0769. The Bertz CT molecular complexity index is 2550. The zero-order valence-electron chi connectivity index (χ0n) is 32.7. The monoisotopic (exact) mass is 743 g/mol. The van der Waals surface area contributed by atoms with Crippen molar-refractivity contribution in [3.8, 4) is 5.69 Å². The molecule has 0 amide bonds. The molecule has 0 spiro atoms. The average Bonchev–Trinajstić information content (AvgIpc) is 3.55. The summed E-state index contributed by atoms with van der Waals surface area (Å²) in [6.07, 6.45) is 12.1. The van der Waals surface area contributed by atoms with Crippen LogP contribution in [0.2, 0.25) is 0 Å². The van der Waals surface area contributed by atoms with Gasteiger partial charge in [0.2, 0.25) is 0 Å². The van der Waals surface area contributed by atoms with Gasteiger partial charge in [-0.1, -0.05) is 158 Å². The summed E-state index contributed by atoms with van der Waals surface area (Å²) in [6, 6.07) is 56.9. The minimum absolute atomic E-state index is 0.542. The molecule has 5 nitrogen and oxygen atoms in total. The van der Waals surface area contributed by atoms with E-state index < -0.39 is 0 Å². The van der Waals surface area contributed by atoms with E-state index in [1.807, 2.05) is 37.3 Å². The summed E-state index contributed by atoms with van der Waals surface area (Å²) < 4.78 is 2.19. The highest BCUT2D eigenvalue weighted by atomic mass is 15.2. The molecule has 7 rings (SSSR count). The third-order valence-corrected chi connectivity index (χ3v) is 10.1. The Kier molecular flexibility index (Phi) is 12.0. The lowest BCUT2D eigenvalue weighted by molar-refractivity contribution is 0.977. The SMILES string of the molecule is C=CC(=C\C=C/C)/C(N)=C/C(=C\CN(c1ccccc1)c1c(C)ccc2c1c(N(Cc1ccccc1)c1ccccc1)c(N)n2-c1ccccc1)c1ccccc1. The standard InChI is InChI=1S/C52H49N5/c1-4-6-24-41(5-2)47(53)37-43(42-25-14-8-15-26-42)35-36-55(44-27-16-9-17-28-44)50-39(3)33-34-48-49(50)51(52(54)57(48)46-31-20-11-21-32-46)56(45-29-18-10-19-30-45)38-40-22-12-7-13-23-40/h4-35,37H,2,36,38,53-54H2,1,3H3/b6-4-,41-24+,43-35+,47-37-. The van der Waals surface area contributed by atoms with Crippen molar-refractivity contribution in [2.24, 2.45) is 5.73 Å². The third-order valence-electron chi connectivity index (χ3n) is 10.1. The minimum atomic E-state index is 0.542. The van der Waals surface area contributed by atoms with Gasteiger partial charge in [-0.3, -0.25) is 4.57 Å². The lowest BCUT2D eigenvalue weighted by Crippen LogP contribution is -2.21. The molecule has 0 fully saturated rings. The van der Waals surface area contributed by atoms with Crippen LogP contribution in [-0.4, -0.2) is 11.1 Å². The number of aryl methyl sites for hydroxylation is 1. The molecule has 282 valence electrons. The van der Waals surface area contributed by atoms with Gasteiger partial charge in [-0.25, -0.2) is 0 Å². The van der Waals surface area contributed by atoms with Crippen molar-refractivity contribution < 1.29 is 0 Å². The first-order chi connectivity index (χ1) is 28.0. The number of anilines is 5. The van der Waals surface area contributed by atoms with E-state index in [4.69, 9.17) is 11.5 Å². The van der Waals surface area contributed by atoms with Gasteiger partial charge >= 0.3 is 0 Å². The Hall–Kier alpha value is -7.24. The number of hydrogen-bond acceptors (Lipinski definition) is 4. The summed E-state index contributed by atoms with van der Waals surface area (Å²) in [7, 11) is 0. The number of nitrogens with two attached hydrogens (primary N) is 2. The quantitative estimate of drug-likeness (QED) is 0.109. The van der Waals surface area contributed by atoms with Crippen LogP contribution in [0.5, 0.6) is 0 Å². The van der Waals surface area contributed by atoms with E-state index in [0.29, 0.717) is 24.6 Å². The molecule has 0 atom stereocenters. The Morgan fingerprint density at radius 2 is 1.25 bits per heavy atom. The van der Waals surface area contributed by atoms with Crippen LogP contribution >= 0.6 is 0 Å². The molecule has 0 unspecified atom stereocenters. The van der Waals surface area contributed by atoms with E-state index in [1.165, 1.54) is 5.56 Å². The molecule has 0 saturated carbocycles. The molecule has 1 aromatic heterocycles. The number of fused-ring (bicyclic) bond motifs is 1. The van der Waals surface area contributed by atoms with Crippen molar-refractivity contribution in [2.45, 2.75) is 20.4 Å². The predicted octanol–water partition coefficient (Wildman–Crippen LogP) is 12.6. The topological polar surface area (TPSA) is 63.4 Å². The summed E-state index contributed by atoms with van der Waals surface area (Å²) >= 11 is 0. The zero-order chi connectivity index (χ0) is 39.6. The highest BCUT2D eigenvalue weighted by Gasteiger charge is 2.28. The van der Waals surface area contributed by atoms with Gasteiger partial charge in [0.25, 0.3) is 0 Å². The normalized spacial score (nSPS) is 12.3. The van der Waals surface area contributed by atoms with Crippen molar-refractivity contribution in [1.82, 2.24) is 4.57 Å². The molecule has 57 heavy (non-hydrogen) atoms. The van der Waals surface area contributed by atoms with Crippen molar-refractivity contribution in [3.63, 3.8) is 0 Å². The maximum Gasteiger partial charge on any atom is 0.133 e. The molecule has 0 radical (unpaired) electrons. The van der Waals surface area contributed by atoms with Gasteiger partial charge in [0.1, 0.15) is 5.82 Å². The molecule has 0 bridgehead atoms. The fourth-order valence-electron chi connectivity index (χ4n) is 7.36. The maximum atomic E-state index is 7.48. The molecule has 4 N–H and O–H groups in total. The lowest BCUT2D eigenvalue weighted by Gasteiger charge is -2.30. The van der Waals surface area contributed by atoms with Crippen LogP contribution in [0.25, 0.3) is 22.2 Å². The van der Waals surface area contributed by atoms with Crippen LogP contribution in [0.15, 0.2) is 218 Å². The van der Waals surface area contributed by atoms with Gasteiger partial charge in [-0.2, -0.15) is 0 Å². The van der Waals surface area contributed by atoms with Crippen LogP contribution in [-0.2, 0) is 6.54 Å². The van der Waals surface area contributed by atoms with E-state index in [2.05, 4.69) is 192 Å². The van der Waals surface area contributed by atoms with Crippen LogP contribution in [0.4, 0.5) is 28.6 Å². The molecule has 0 saturated heterocycles. The second-order valence-corrected chi connectivity index (χ2v) is 13.9. The van der Waals surface area contributed by atoms with Gasteiger partial charge in [-0.15, -0.1) is 0 Å². The molecular weight excluding hydrogens is 695 g/mol. The molecule has 1 heterocycles. The first kappa shape index (κ1) is 38.1. The van der Waals surface area contributed by atoms with E-state index in [-0.39, 0.29) is 0 Å². The number of rotatable bonds is 14. The summed E-state index contributed by atoms with van der Waals surface area (Å²) in [5.41, 5.74) is 26.3. The highest BCUT2D eigenvalue weighted by Crippen LogP contribution is 2.49. The van der Waals surface area contributed by atoms with Crippen molar-refractivity contribution >= 4 is 45.0 Å². The number of aromatic nitrogens is 1. The van der Waals surface area contributed by atoms with Crippen molar-refractivity contribution in [2.75, 3.05) is 22.1 Å². The van der Waals surface area contributed by atoms with Gasteiger partial charge in [0.15, 0.2) is 0 Å². The predicted molar refractivity (Wildman–Crippen MR) is 244 cm³/mol. The largest absolute Gasteiger partial charge is 0.398 e. The van der Waals surface area contributed by atoms with Crippen LogP contribution < -0.4 is 21.3 Å². The van der Waals surface area contributed by atoms with Crippen LogP contribution in [0.3, 0.4) is 0 Å². The molecule has 0 aliphatic rings. The summed E-state index contributed by atoms with van der Waals surface area (Å²) in [6.45, 7) is 9.38. The molecule has 5 heteroatoms. The highest BCUT2D eigenvalue weighted by molar-refractivity contribution is 6.12. The molecule has 6 aromatic carbocycles. The number of hydrogen-bond donors (Lipinski definition) is 2. The van der Waals surface area contributed by atoms with Gasteiger partial charge < -0.3 is 21.3 Å². The van der Waals surface area contributed by atoms with E-state index >= 15 is 0 Å². The van der Waals surface area contributed by atoms with Gasteiger partial charge in [0.05, 0.1) is 22.3 Å². The first-order valence-electron chi connectivity index (χ1n) is 19.3. The Morgan fingerprint density at radius 3 is 1.84 bits per heavy atom. The van der Waals surface area contributed by atoms with E-state index in [1.54, 1.807) is 6.08 Å². The average molecular weight is 744 g/mol. The van der Waals surface area contributed by atoms with Crippen molar-refractivity contribution in [3.05, 3.63) is 235 Å². The number of nitrogens with zero attached hydrogens (tertiary/aromatic N) is 3. The summed E-state index contributed by atoms with van der Waals surface area (Å²) in [5.74, 6) is 0.664. The number of benzene rings is 6. The third kappa shape index (κ3) is 8.38. The minimum Gasteiger partial charge on any atom is -0.398 e. The molecule has 0 aliphatic heterocycles. The maximum absolute atomic E-state index is 7.48. The molecular formula is C52H49N5. The first-order valence-corrected chi connectivity index (χ1v) is 19.3. The summed E-state index contributed by atoms with van der Waals surface area (Å²) in [5, 5.41) is 1.06. The number of nitrogen functional groups attached to an aromatic ring is 1. The number of para-hydroxylation sites is 3. The molecule has 7 aromatic rings. The van der Waals surface area contributed by atoms with Crippen molar-refractivity contribution in [1.29, 1.82) is 0 Å². The van der Waals surface area contributed by atoms with Gasteiger partial charge in [-0.05, 0) is 90.2 Å².